The number of amides is 2. The van der Waals surface area contributed by atoms with Gasteiger partial charge in [0.05, 0.1) is 16.2 Å². The van der Waals surface area contributed by atoms with Gasteiger partial charge in [-0.05, 0) is 24.3 Å². The van der Waals surface area contributed by atoms with Crippen LogP contribution in [0, 0.1) is 0 Å². The highest BCUT2D eigenvalue weighted by molar-refractivity contribution is 6.33. The number of hydrogen-bond acceptors (Lipinski definition) is 3. The molecule has 0 atom stereocenters. The molecule has 2 aromatic heterocycles. The van der Waals surface area contributed by atoms with E-state index in [-0.39, 0.29) is 17.4 Å². The number of pyridine rings is 1. The first-order valence-electron chi connectivity index (χ1n) is 7.54. The maximum Gasteiger partial charge on any atom is 0.292 e. The second kappa shape index (κ2) is 7.19. The van der Waals surface area contributed by atoms with Gasteiger partial charge in [0.2, 0.25) is 5.82 Å². The third kappa shape index (κ3) is 3.39. The summed E-state index contributed by atoms with van der Waals surface area (Å²) in [6.45, 7) is 3.87. The smallest absolute Gasteiger partial charge is 0.292 e. The maximum atomic E-state index is 12.6. The lowest BCUT2D eigenvalue weighted by Crippen LogP contribution is -2.24. The molecular formula is C18H15ClN4O2. The van der Waals surface area contributed by atoms with Gasteiger partial charge in [0, 0.05) is 12.7 Å². The number of para-hydroxylation sites is 1. The molecule has 25 heavy (non-hydrogen) atoms. The summed E-state index contributed by atoms with van der Waals surface area (Å²) in [5.41, 5.74) is 1.18. The van der Waals surface area contributed by atoms with Crippen LogP contribution in [0.1, 0.15) is 21.1 Å². The Balaban J connectivity index is 1.99. The van der Waals surface area contributed by atoms with Gasteiger partial charge >= 0.3 is 0 Å². The highest BCUT2D eigenvalue weighted by Gasteiger charge is 2.21. The van der Waals surface area contributed by atoms with Crippen molar-refractivity contribution in [1.82, 2.24) is 14.7 Å². The number of carbonyl (C=O) groups is 2. The molecule has 7 heteroatoms. The zero-order valence-electron chi connectivity index (χ0n) is 13.2. The van der Waals surface area contributed by atoms with Crippen LogP contribution in [0.25, 0.3) is 5.52 Å². The third-order valence-electron chi connectivity index (χ3n) is 3.50. The van der Waals surface area contributed by atoms with Crippen LogP contribution in [0.5, 0.6) is 0 Å². The first kappa shape index (κ1) is 16.7. The topological polar surface area (TPSA) is 75.5 Å². The molecule has 0 spiro atoms. The van der Waals surface area contributed by atoms with Crippen molar-refractivity contribution in [2.45, 2.75) is 0 Å². The SMILES string of the molecule is C=CCNC(=O)c1nc(C(=O)Nc2ccccc2Cl)n2ccccc12. The quantitative estimate of drug-likeness (QED) is 0.691. The zero-order chi connectivity index (χ0) is 17.8. The molecule has 0 aliphatic rings. The number of fused-ring (bicyclic) bond motifs is 1. The molecule has 0 aliphatic heterocycles. The van der Waals surface area contributed by atoms with Crippen molar-refractivity contribution in [2.24, 2.45) is 0 Å². The van der Waals surface area contributed by atoms with Crippen molar-refractivity contribution in [2.75, 3.05) is 11.9 Å². The summed E-state index contributed by atoms with van der Waals surface area (Å²) in [6, 6.07) is 12.2. The minimum absolute atomic E-state index is 0.0965. The van der Waals surface area contributed by atoms with Crippen LogP contribution < -0.4 is 10.6 Å². The highest BCUT2D eigenvalue weighted by Crippen LogP contribution is 2.22. The van der Waals surface area contributed by atoms with Crippen LogP contribution in [-0.2, 0) is 0 Å². The van der Waals surface area contributed by atoms with E-state index >= 15 is 0 Å². The lowest BCUT2D eigenvalue weighted by Gasteiger charge is -2.06. The van der Waals surface area contributed by atoms with Crippen molar-refractivity contribution >= 4 is 34.6 Å². The van der Waals surface area contributed by atoms with Crippen LogP contribution in [0.15, 0.2) is 61.3 Å². The van der Waals surface area contributed by atoms with Crippen molar-refractivity contribution in [3.63, 3.8) is 0 Å². The van der Waals surface area contributed by atoms with Gasteiger partial charge in [0.25, 0.3) is 11.8 Å². The molecular weight excluding hydrogens is 340 g/mol. The number of rotatable bonds is 5. The van der Waals surface area contributed by atoms with Gasteiger partial charge in [-0.1, -0.05) is 35.9 Å². The zero-order valence-corrected chi connectivity index (χ0v) is 14.0. The third-order valence-corrected chi connectivity index (χ3v) is 3.83. The van der Waals surface area contributed by atoms with Crippen LogP contribution in [-0.4, -0.2) is 27.7 Å². The molecule has 0 saturated carbocycles. The van der Waals surface area contributed by atoms with E-state index in [9.17, 15) is 9.59 Å². The van der Waals surface area contributed by atoms with Gasteiger partial charge in [0.1, 0.15) is 0 Å². The Bertz CT molecular complexity index is 965. The standard InChI is InChI=1S/C18H15ClN4O2/c1-2-10-20-17(24)15-14-9-5-6-11-23(14)16(22-15)18(25)21-13-8-4-3-7-12(13)19/h2-9,11H,1,10H2,(H,20,24)(H,21,25). The predicted molar refractivity (Wildman–Crippen MR) is 97.1 cm³/mol. The molecule has 3 rings (SSSR count). The van der Waals surface area contributed by atoms with E-state index in [0.717, 1.165) is 0 Å². The number of imidazole rings is 1. The normalized spacial score (nSPS) is 10.4. The summed E-state index contributed by atoms with van der Waals surface area (Å²) in [4.78, 5) is 29.1. The molecule has 0 unspecified atom stereocenters. The molecule has 2 amide bonds. The number of carbonyl (C=O) groups excluding carboxylic acids is 2. The van der Waals surface area contributed by atoms with Gasteiger partial charge in [-0.3, -0.25) is 14.0 Å². The molecule has 2 N–H and O–H groups in total. The molecule has 0 saturated heterocycles. The fourth-order valence-electron chi connectivity index (χ4n) is 2.35. The largest absolute Gasteiger partial charge is 0.347 e. The number of nitrogens with zero attached hydrogens (tertiary/aromatic N) is 2. The summed E-state index contributed by atoms with van der Waals surface area (Å²) < 4.78 is 1.56. The molecule has 0 bridgehead atoms. The summed E-state index contributed by atoms with van der Waals surface area (Å²) in [5, 5.41) is 5.80. The molecule has 6 nitrogen and oxygen atoms in total. The van der Waals surface area contributed by atoms with Crippen molar-refractivity contribution in [1.29, 1.82) is 0 Å². The minimum atomic E-state index is -0.461. The van der Waals surface area contributed by atoms with Gasteiger partial charge in [0.15, 0.2) is 5.69 Å². The van der Waals surface area contributed by atoms with Crippen LogP contribution in [0.4, 0.5) is 5.69 Å². The first-order valence-corrected chi connectivity index (χ1v) is 7.91. The van der Waals surface area contributed by atoms with E-state index in [1.165, 1.54) is 0 Å². The Labute approximate surface area is 149 Å². The van der Waals surface area contributed by atoms with Gasteiger partial charge in [-0.15, -0.1) is 6.58 Å². The monoisotopic (exact) mass is 354 g/mol. The first-order chi connectivity index (χ1) is 12.1. The highest BCUT2D eigenvalue weighted by atomic mass is 35.5. The van der Waals surface area contributed by atoms with E-state index in [2.05, 4.69) is 22.2 Å². The fourth-order valence-corrected chi connectivity index (χ4v) is 2.54. The Morgan fingerprint density at radius 3 is 2.68 bits per heavy atom. The lowest BCUT2D eigenvalue weighted by molar-refractivity contribution is 0.0955. The molecule has 1 aromatic carbocycles. The van der Waals surface area contributed by atoms with Gasteiger partial charge < -0.3 is 10.6 Å². The number of aromatic nitrogens is 2. The molecule has 0 fully saturated rings. The number of halogens is 1. The molecule has 126 valence electrons. The van der Waals surface area contributed by atoms with Crippen LogP contribution in [0.2, 0.25) is 5.02 Å². The average Bonchev–Trinajstić information content (AvgIpc) is 3.01. The summed E-state index contributed by atoms with van der Waals surface area (Å²) in [6.07, 6.45) is 3.25. The van der Waals surface area contributed by atoms with Gasteiger partial charge in [-0.2, -0.15) is 0 Å². The summed E-state index contributed by atoms with van der Waals surface area (Å²) >= 11 is 6.07. The summed E-state index contributed by atoms with van der Waals surface area (Å²) in [5.74, 6) is -0.739. The molecule has 0 radical (unpaired) electrons. The molecule has 2 heterocycles. The predicted octanol–water partition coefficient (Wildman–Crippen LogP) is 3.16. The number of anilines is 1. The van der Waals surface area contributed by atoms with E-state index < -0.39 is 5.91 Å². The van der Waals surface area contributed by atoms with Crippen molar-refractivity contribution in [3.05, 3.63) is 77.9 Å². The lowest BCUT2D eigenvalue weighted by atomic mass is 10.3. The number of benzene rings is 1. The molecule has 0 aliphatic carbocycles. The number of nitrogens with one attached hydrogen (secondary N) is 2. The van der Waals surface area contributed by atoms with E-state index in [1.807, 2.05) is 0 Å². The van der Waals surface area contributed by atoms with Crippen LogP contribution >= 0.6 is 11.6 Å². The Morgan fingerprint density at radius 2 is 1.92 bits per heavy atom. The number of hydrogen-bond donors (Lipinski definition) is 2. The second-order valence-corrected chi connectivity index (χ2v) is 5.58. The molecule has 3 aromatic rings. The maximum absolute atomic E-state index is 12.6. The fraction of sp³-hybridized carbons (Fsp3) is 0.0556. The van der Waals surface area contributed by atoms with Gasteiger partial charge in [-0.25, -0.2) is 4.98 Å². The Hall–Kier alpha value is -3.12. The minimum Gasteiger partial charge on any atom is -0.347 e. The van der Waals surface area contributed by atoms with E-state index in [4.69, 9.17) is 11.6 Å². The summed E-state index contributed by atoms with van der Waals surface area (Å²) in [7, 11) is 0. The van der Waals surface area contributed by atoms with Crippen LogP contribution in [0.3, 0.4) is 0 Å². The Morgan fingerprint density at radius 1 is 1.16 bits per heavy atom. The van der Waals surface area contributed by atoms with E-state index in [0.29, 0.717) is 22.8 Å². The van der Waals surface area contributed by atoms with Crippen molar-refractivity contribution < 1.29 is 9.59 Å². The van der Waals surface area contributed by atoms with Crippen molar-refractivity contribution in [3.8, 4) is 0 Å². The Kier molecular flexibility index (Phi) is 4.81. The van der Waals surface area contributed by atoms with E-state index in [1.54, 1.807) is 59.1 Å². The second-order valence-electron chi connectivity index (χ2n) is 5.17. The average molecular weight is 355 g/mol.